The smallest absolute Gasteiger partial charge is 0.384 e. The molecule has 1 amide bonds. The molecule has 0 saturated heterocycles. The van der Waals surface area contributed by atoms with Crippen molar-refractivity contribution in [2.24, 2.45) is 0 Å². The van der Waals surface area contributed by atoms with E-state index in [4.69, 9.17) is 17.3 Å². The van der Waals surface area contributed by atoms with Gasteiger partial charge >= 0.3 is 6.18 Å². The van der Waals surface area contributed by atoms with Gasteiger partial charge in [0.2, 0.25) is 0 Å². The summed E-state index contributed by atoms with van der Waals surface area (Å²) in [4.78, 5) is 16.2. The van der Waals surface area contributed by atoms with Crippen molar-refractivity contribution in [1.82, 2.24) is 9.88 Å². The van der Waals surface area contributed by atoms with Crippen molar-refractivity contribution in [2.75, 3.05) is 18.8 Å². The quantitative estimate of drug-likeness (QED) is 0.925. The minimum absolute atomic E-state index is 0.0193. The van der Waals surface area contributed by atoms with Crippen LogP contribution in [-0.2, 0) is 0 Å². The van der Waals surface area contributed by atoms with Crippen LogP contribution in [0.4, 0.5) is 19.0 Å². The number of aromatic nitrogens is 1. The molecule has 4 nitrogen and oxygen atoms in total. The van der Waals surface area contributed by atoms with E-state index in [1.165, 1.54) is 6.92 Å². The van der Waals surface area contributed by atoms with Crippen LogP contribution in [0.25, 0.3) is 0 Å². The van der Waals surface area contributed by atoms with E-state index in [1.54, 1.807) is 0 Å². The topological polar surface area (TPSA) is 59.2 Å². The summed E-state index contributed by atoms with van der Waals surface area (Å²) in [6.45, 7) is 0.0277. The van der Waals surface area contributed by atoms with Gasteiger partial charge in [-0.2, -0.15) is 13.2 Å². The molecule has 0 aliphatic carbocycles. The third-order valence-corrected chi connectivity index (χ3v) is 2.45. The molecule has 0 atom stereocenters. The van der Waals surface area contributed by atoms with Crippen molar-refractivity contribution < 1.29 is 18.0 Å². The molecule has 0 radical (unpaired) electrons. The zero-order valence-corrected chi connectivity index (χ0v) is 10.2. The molecular formula is C10H11ClF3N3O. The number of carbonyl (C=O) groups is 1. The fraction of sp³-hybridized carbons (Fsp3) is 0.400. The van der Waals surface area contributed by atoms with Crippen LogP contribution < -0.4 is 5.73 Å². The molecule has 0 aliphatic rings. The maximum atomic E-state index is 12.3. The van der Waals surface area contributed by atoms with Crippen molar-refractivity contribution in [1.29, 1.82) is 0 Å². The lowest BCUT2D eigenvalue weighted by Gasteiger charge is -2.22. The highest BCUT2D eigenvalue weighted by atomic mass is 35.5. The van der Waals surface area contributed by atoms with Gasteiger partial charge in [-0.3, -0.25) is 4.79 Å². The first kappa shape index (κ1) is 14.6. The Bertz CT molecular complexity index is 450. The average Bonchev–Trinajstić information content (AvgIpc) is 2.27. The second-order valence-corrected chi connectivity index (χ2v) is 3.93. The van der Waals surface area contributed by atoms with Crippen LogP contribution in [-0.4, -0.2) is 35.1 Å². The van der Waals surface area contributed by atoms with E-state index in [1.807, 2.05) is 0 Å². The van der Waals surface area contributed by atoms with Gasteiger partial charge in [-0.15, -0.1) is 0 Å². The Hall–Kier alpha value is -1.50. The standard InChI is InChI=1S/C10H11ClF3N3O/c1-2-17(5-10(12,13)14)9(18)6-3-8(15)16-4-7(6)11/h3-4H,2,5H2,1H3,(H2,15,16). The normalized spacial score (nSPS) is 11.4. The number of nitrogen functional groups attached to an aromatic ring is 1. The van der Waals surface area contributed by atoms with E-state index in [9.17, 15) is 18.0 Å². The highest BCUT2D eigenvalue weighted by molar-refractivity contribution is 6.33. The van der Waals surface area contributed by atoms with E-state index in [0.717, 1.165) is 12.3 Å². The van der Waals surface area contributed by atoms with E-state index in [0.29, 0.717) is 4.90 Å². The van der Waals surface area contributed by atoms with Gasteiger partial charge in [0.1, 0.15) is 12.4 Å². The van der Waals surface area contributed by atoms with Crippen LogP contribution in [0.2, 0.25) is 5.02 Å². The Morgan fingerprint density at radius 1 is 1.56 bits per heavy atom. The fourth-order valence-corrected chi connectivity index (χ4v) is 1.52. The third-order valence-electron chi connectivity index (χ3n) is 2.15. The van der Waals surface area contributed by atoms with Crippen LogP contribution in [0.15, 0.2) is 12.3 Å². The van der Waals surface area contributed by atoms with Crippen molar-refractivity contribution in [3.05, 3.63) is 22.8 Å². The van der Waals surface area contributed by atoms with Crippen LogP contribution in [0.3, 0.4) is 0 Å². The Morgan fingerprint density at radius 2 is 2.17 bits per heavy atom. The molecule has 1 aromatic rings. The number of halogens is 4. The van der Waals surface area contributed by atoms with Crippen molar-refractivity contribution >= 4 is 23.3 Å². The molecule has 0 unspecified atom stereocenters. The summed E-state index contributed by atoms with van der Waals surface area (Å²) < 4.78 is 36.9. The number of carbonyl (C=O) groups excluding carboxylic acids is 1. The summed E-state index contributed by atoms with van der Waals surface area (Å²) >= 11 is 5.72. The molecular weight excluding hydrogens is 271 g/mol. The first-order valence-corrected chi connectivity index (χ1v) is 5.39. The molecule has 100 valence electrons. The number of anilines is 1. The van der Waals surface area contributed by atoms with E-state index < -0.39 is 18.6 Å². The van der Waals surface area contributed by atoms with E-state index in [2.05, 4.69) is 4.98 Å². The molecule has 0 aromatic carbocycles. The lowest BCUT2D eigenvalue weighted by Crippen LogP contribution is -2.39. The molecule has 2 N–H and O–H groups in total. The number of pyridine rings is 1. The number of alkyl halides is 3. The predicted octanol–water partition coefficient (Wildman–Crippen LogP) is 2.34. The van der Waals surface area contributed by atoms with E-state index >= 15 is 0 Å². The maximum absolute atomic E-state index is 12.3. The van der Waals surface area contributed by atoms with Gasteiger partial charge in [0, 0.05) is 12.7 Å². The van der Waals surface area contributed by atoms with Gasteiger partial charge in [-0.05, 0) is 13.0 Å². The molecule has 0 saturated carbocycles. The summed E-state index contributed by atoms with van der Waals surface area (Å²) in [7, 11) is 0. The molecule has 0 aliphatic heterocycles. The second kappa shape index (κ2) is 5.43. The summed E-state index contributed by atoms with van der Waals surface area (Å²) in [5.41, 5.74) is 5.28. The second-order valence-electron chi connectivity index (χ2n) is 3.52. The first-order valence-electron chi connectivity index (χ1n) is 5.01. The first-order chi connectivity index (χ1) is 8.24. The minimum atomic E-state index is -4.46. The highest BCUT2D eigenvalue weighted by Gasteiger charge is 2.33. The lowest BCUT2D eigenvalue weighted by molar-refractivity contribution is -0.140. The van der Waals surface area contributed by atoms with Crippen LogP contribution in [0, 0.1) is 0 Å². The molecule has 0 bridgehead atoms. The van der Waals surface area contributed by atoms with Gasteiger partial charge in [-0.25, -0.2) is 4.98 Å². The molecule has 18 heavy (non-hydrogen) atoms. The fourth-order valence-electron chi connectivity index (χ4n) is 1.33. The maximum Gasteiger partial charge on any atom is 0.406 e. The van der Waals surface area contributed by atoms with Crippen LogP contribution >= 0.6 is 11.6 Å². The Morgan fingerprint density at radius 3 is 2.67 bits per heavy atom. The zero-order valence-electron chi connectivity index (χ0n) is 9.46. The van der Waals surface area contributed by atoms with Gasteiger partial charge in [0.05, 0.1) is 10.6 Å². The molecule has 1 aromatic heterocycles. The molecule has 8 heteroatoms. The zero-order chi connectivity index (χ0) is 13.9. The average molecular weight is 282 g/mol. The predicted molar refractivity (Wildman–Crippen MR) is 61.3 cm³/mol. The van der Waals surface area contributed by atoms with Gasteiger partial charge in [0.25, 0.3) is 5.91 Å². The number of hydrogen-bond donors (Lipinski definition) is 1. The number of amides is 1. The third kappa shape index (κ3) is 3.76. The van der Waals surface area contributed by atoms with E-state index in [-0.39, 0.29) is 22.9 Å². The molecule has 0 spiro atoms. The number of rotatable bonds is 3. The molecule has 1 heterocycles. The summed E-state index contributed by atoms with van der Waals surface area (Å²) in [5, 5.41) is -0.0326. The molecule has 0 fully saturated rings. The molecule has 1 rings (SSSR count). The minimum Gasteiger partial charge on any atom is -0.384 e. The largest absolute Gasteiger partial charge is 0.406 e. The SMILES string of the molecule is CCN(CC(F)(F)F)C(=O)c1cc(N)ncc1Cl. The number of hydrogen-bond acceptors (Lipinski definition) is 3. The van der Waals surface area contributed by atoms with Crippen LogP contribution in [0.5, 0.6) is 0 Å². The summed E-state index contributed by atoms with van der Waals surface area (Å²) in [5.74, 6) is -0.806. The van der Waals surface area contributed by atoms with Gasteiger partial charge in [0.15, 0.2) is 0 Å². The van der Waals surface area contributed by atoms with Crippen molar-refractivity contribution in [2.45, 2.75) is 13.1 Å². The Balaban J connectivity index is 3.00. The summed E-state index contributed by atoms with van der Waals surface area (Å²) in [6, 6.07) is 1.16. The highest BCUT2D eigenvalue weighted by Crippen LogP contribution is 2.22. The van der Waals surface area contributed by atoms with Gasteiger partial charge in [-0.1, -0.05) is 11.6 Å². The Kier molecular flexibility index (Phi) is 4.39. The lowest BCUT2D eigenvalue weighted by atomic mass is 10.2. The summed E-state index contributed by atoms with van der Waals surface area (Å²) in [6.07, 6.45) is -3.33. The monoisotopic (exact) mass is 281 g/mol. The van der Waals surface area contributed by atoms with Crippen LogP contribution in [0.1, 0.15) is 17.3 Å². The Labute approximate surface area is 107 Å². The van der Waals surface area contributed by atoms with Crippen molar-refractivity contribution in [3.8, 4) is 0 Å². The number of nitrogens with two attached hydrogens (primary N) is 1. The van der Waals surface area contributed by atoms with Crippen molar-refractivity contribution in [3.63, 3.8) is 0 Å². The number of nitrogens with zero attached hydrogens (tertiary/aromatic N) is 2. The van der Waals surface area contributed by atoms with Gasteiger partial charge < -0.3 is 10.6 Å².